The minimum atomic E-state index is -0.00934. The number of carbonyl (C=O) groups is 1. The molecule has 6 heteroatoms. The van der Waals surface area contributed by atoms with E-state index in [4.69, 9.17) is 9.26 Å². The first-order valence-corrected chi connectivity index (χ1v) is 9.62. The molecule has 2 aliphatic rings. The molecule has 3 unspecified atom stereocenters. The van der Waals surface area contributed by atoms with E-state index in [1.165, 1.54) is 12.8 Å². The van der Waals surface area contributed by atoms with E-state index < -0.39 is 0 Å². The monoisotopic (exact) mass is 369 g/mol. The molecule has 6 nitrogen and oxygen atoms in total. The number of aryl methyl sites for hydroxylation is 1. The van der Waals surface area contributed by atoms with Gasteiger partial charge >= 0.3 is 0 Å². The Hall–Kier alpha value is -2.37. The first kappa shape index (κ1) is 18.0. The first-order valence-electron chi connectivity index (χ1n) is 9.62. The Bertz CT molecular complexity index is 843. The van der Waals surface area contributed by atoms with E-state index in [0.29, 0.717) is 28.9 Å². The van der Waals surface area contributed by atoms with Gasteiger partial charge in [-0.3, -0.25) is 4.79 Å². The molecule has 1 N–H and O–H groups in total. The van der Waals surface area contributed by atoms with Crippen LogP contribution in [0.5, 0.6) is 5.75 Å². The van der Waals surface area contributed by atoms with Gasteiger partial charge in [-0.05, 0) is 60.3 Å². The van der Waals surface area contributed by atoms with Crippen LogP contribution in [-0.2, 0) is 6.61 Å². The predicted molar refractivity (Wildman–Crippen MR) is 100 cm³/mol. The molecule has 1 aromatic carbocycles. The Morgan fingerprint density at radius 3 is 2.59 bits per heavy atom. The number of hydrogen-bond donors (Lipinski definition) is 1. The number of amides is 1. The normalized spacial score (nSPS) is 28.3. The van der Waals surface area contributed by atoms with Gasteiger partial charge in [0.25, 0.3) is 5.91 Å². The summed E-state index contributed by atoms with van der Waals surface area (Å²) in [6, 6.07) is 7.44. The summed E-state index contributed by atoms with van der Waals surface area (Å²) in [7, 11) is 0. The third-order valence-corrected chi connectivity index (χ3v) is 7.15. The summed E-state index contributed by atoms with van der Waals surface area (Å²) in [5.41, 5.74) is 1.12. The molecule has 0 aliphatic heterocycles. The van der Waals surface area contributed by atoms with Gasteiger partial charge in [0.2, 0.25) is 11.7 Å². The van der Waals surface area contributed by atoms with Crippen LogP contribution in [0.1, 0.15) is 62.1 Å². The Morgan fingerprint density at radius 1 is 1.30 bits per heavy atom. The highest BCUT2D eigenvalue weighted by molar-refractivity contribution is 5.94. The highest BCUT2D eigenvalue weighted by atomic mass is 16.5. The van der Waals surface area contributed by atoms with Crippen LogP contribution in [0, 0.1) is 23.7 Å². The summed E-state index contributed by atoms with van der Waals surface area (Å²) in [5, 5.41) is 7.09. The van der Waals surface area contributed by atoms with E-state index in [1.807, 2.05) is 0 Å². The molecular formula is C21H27N3O3. The summed E-state index contributed by atoms with van der Waals surface area (Å²) in [4.78, 5) is 16.8. The lowest BCUT2D eigenvalue weighted by Crippen LogP contribution is -2.46. The zero-order valence-corrected chi connectivity index (χ0v) is 16.4. The van der Waals surface area contributed by atoms with Crippen molar-refractivity contribution >= 4 is 5.91 Å². The van der Waals surface area contributed by atoms with Gasteiger partial charge in [0.15, 0.2) is 6.61 Å². The third kappa shape index (κ3) is 3.01. The Kier molecular flexibility index (Phi) is 4.24. The first-order chi connectivity index (χ1) is 12.8. The zero-order chi connectivity index (χ0) is 19.2. The standard InChI is InChI=1S/C21H27N3O3/c1-13-22-18(24-27-13)12-26-16-7-5-14(6-8-16)19(25)23-17-11-15-9-10-21(17,4)20(15,2)3/h5-8,15,17H,9-12H2,1-4H3,(H,23,25). The van der Waals surface area contributed by atoms with Crippen LogP contribution < -0.4 is 10.1 Å². The van der Waals surface area contributed by atoms with E-state index in [1.54, 1.807) is 31.2 Å². The van der Waals surface area contributed by atoms with Crippen molar-refractivity contribution in [1.82, 2.24) is 15.5 Å². The van der Waals surface area contributed by atoms with Crippen LogP contribution in [0.4, 0.5) is 0 Å². The summed E-state index contributed by atoms with van der Waals surface area (Å²) >= 11 is 0. The number of fused-ring (bicyclic) bond motifs is 2. The van der Waals surface area contributed by atoms with Crippen molar-refractivity contribution in [2.75, 3.05) is 0 Å². The van der Waals surface area contributed by atoms with E-state index in [9.17, 15) is 4.79 Å². The molecule has 144 valence electrons. The van der Waals surface area contributed by atoms with Crippen LogP contribution in [0.3, 0.4) is 0 Å². The van der Waals surface area contributed by atoms with Gasteiger partial charge < -0.3 is 14.6 Å². The number of carbonyl (C=O) groups excluding carboxylic acids is 1. The second kappa shape index (κ2) is 6.36. The number of rotatable bonds is 5. The Balaban J connectivity index is 1.37. The molecule has 2 bridgehead atoms. The average molecular weight is 369 g/mol. The number of aromatic nitrogens is 2. The molecule has 4 rings (SSSR count). The van der Waals surface area contributed by atoms with E-state index >= 15 is 0 Å². The van der Waals surface area contributed by atoms with Crippen molar-refractivity contribution in [3.05, 3.63) is 41.5 Å². The molecule has 0 spiro atoms. The van der Waals surface area contributed by atoms with Gasteiger partial charge in [0, 0.05) is 18.5 Å². The molecular weight excluding hydrogens is 342 g/mol. The highest BCUT2D eigenvalue weighted by Gasteiger charge is 2.61. The zero-order valence-electron chi connectivity index (χ0n) is 16.4. The summed E-state index contributed by atoms with van der Waals surface area (Å²) in [5.74, 6) is 2.38. The molecule has 1 aromatic heterocycles. The van der Waals surface area contributed by atoms with E-state index in [2.05, 4.69) is 36.2 Å². The van der Waals surface area contributed by atoms with Crippen molar-refractivity contribution < 1.29 is 14.1 Å². The lowest BCUT2D eigenvalue weighted by Gasteiger charge is -2.39. The molecule has 1 heterocycles. The number of nitrogens with zero attached hydrogens (tertiary/aromatic N) is 2. The van der Waals surface area contributed by atoms with Crippen LogP contribution in [-0.4, -0.2) is 22.1 Å². The molecule has 2 aliphatic carbocycles. The maximum Gasteiger partial charge on any atom is 0.251 e. The summed E-state index contributed by atoms with van der Waals surface area (Å²) < 4.78 is 10.6. The molecule has 0 radical (unpaired) electrons. The van der Waals surface area contributed by atoms with Gasteiger partial charge in [-0.25, -0.2) is 0 Å². The minimum Gasteiger partial charge on any atom is -0.485 e. The molecule has 2 fully saturated rings. The van der Waals surface area contributed by atoms with Gasteiger partial charge in [-0.15, -0.1) is 0 Å². The lowest BCUT2D eigenvalue weighted by atomic mass is 9.69. The summed E-state index contributed by atoms with van der Waals surface area (Å²) in [6.07, 6.45) is 3.56. The fourth-order valence-electron chi connectivity index (χ4n) is 4.91. The van der Waals surface area contributed by atoms with Crippen LogP contribution >= 0.6 is 0 Å². The second-order valence-corrected chi connectivity index (χ2v) is 8.68. The SMILES string of the molecule is Cc1nc(COc2ccc(C(=O)NC3CC4CCC3(C)C4(C)C)cc2)no1. The minimum absolute atomic E-state index is 0.00934. The van der Waals surface area contributed by atoms with Gasteiger partial charge in [-0.1, -0.05) is 25.9 Å². The van der Waals surface area contributed by atoms with Crippen LogP contribution in [0.25, 0.3) is 0 Å². The average Bonchev–Trinajstić information content (AvgIpc) is 3.21. The van der Waals surface area contributed by atoms with Crippen LogP contribution in [0.2, 0.25) is 0 Å². The third-order valence-electron chi connectivity index (χ3n) is 7.15. The van der Waals surface area contributed by atoms with Crippen molar-refractivity contribution in [2.45, 2.75) is 59.6 Å². The maximum absolute atomic E-state index is 12.7. The van der Waals surface area contributed by atoms with Crippen molar-refractivity contribution in [3.63, 3.8) is 0 Å². The van der Waals surface area contributed by atoms with E-state index in [0.717, 1.165) is 6.42 Å². The largest absolute Gasteiger partial charge is 0.485 e. The van der Waals surface area contributed by atoms with Crippen molar-refractivity contribution in [3.8, 4) is 5.75 Å². The number of benzene rings is 1. The Labute approximate surface area is 159 Å². The van der Waals surface area contributed by atoms with Gasteiger partial charge in [0.05, 0.1) is 0 Å². The highest BCUT2D eigenvalue weighted by Crippen LogP contribution is 2.65. The smallest absolute Gasteiger partial charge is 0.251 e. The number of nitrogens with one attached hydrogen (secondary N) is 1. The van der Waals surface area contributed by atoms with Crippen molar-refractivity contribution in [1.29, 1.82) is 0 Å². The molecule has 2 aromatic rings. The Morgan fingerprint density at radius 2 is 2.04 bits per heavy atom. The molecule has 0 saturated heterocycles. The lowest BCUT2D eigenvalue weighted by molar-refractivity contribution is 0.0826. The molecule has 1 amide bonds. The topological polar surface area (TPSA) is 77.2 Å². The van der Waals surface area contributed by atoms with E-state index in [-0.39, 0.29) is 29.4 Å². The quantitative estimate of drug-likeness (QED) is 0.865. The maximum atomic E-state index is 12.7. The van der Waals surface area contributed by atoms with Crippen molar-refractivity contribution in [2.24, 2.45) is 16.7 Å². The molecule has 2 saturated carbocycles. The van der Waals surface area contributed by atoms with Gasteiger partial charge in [0.1, 0.15) is 5.75 Å². The number of hydrogen-bond acceptors (Lipinski definition) is 5. The molecule has 3 atom stereocenters. The van der Waals surface area contributed by atoms with Gasteiger partial charge in [-0.2, -0.15) is 4.98 Å². The summed E-state index contributed by atoms with van der Waals surface area (Å²) in [6.45, 7) is 9.02. The fraction of sp³-hybridized carbons (Fsp3) is 0.571. The predicted octanol–water partition coefficient (Wildman–Crippen LogP) is 3.90. The number of ether oxygens (including phenoxy) is 1. The fourth-order valence-corrected chi connectivity index (χ4v) is 4.91. The molecule has 27 heavy (non-hydrogen) atoms. The van der Waals surface area contributed by atoms with Crippen LogP contribution in [0.15, 0.2) is 28.8 Å². The second-order valence-electron chi connectivity index (χ2n) is 8.68.